The lowest BCUT2D eigenvalue weighted by Gasteiger charge is -1.86. The van der Waals surface area contributed by atoms with Gasteiger partial charge in [0, 0.05) is 11.6 Å². The van der Waals surface area contributed by atoms with E-state index in [9.17, 15) is 4.79 Å². The van der Waals surface area contributed by atoms with Crippen molar-refractivity contribution in [1.82, 2.24) is 9.61 Å². The van der Waals surface area contributed by atoms with Gasteiger partial charge in [0.1, 0.15) is 10.4 Å². The molecule has 0 spiro atoms. The summed E-state index contributed by atoms with van der Waals surface area (Å²) in [6.45, 7) is 5.70. The number of fused-ring (bicyclic) bond motifs is 1. The van der Waals surface area contributed by atoms with Gasteiger partial charge in [0.05, 0.1) is 5.69 Å². The zero-order chi connectivity index (χ0) is 10.7. The number of hydrogen-bond donors (Lipinski definition) is 1. The number of carboxylic acid groups (broad SMARTS) is 1. The van der Waals surface area contributed by atoms with Crippen LogP contribution in [0.25, 0.3) is 4.83 Å². The second-order valence-corrected chi connectivity index (χ2v) is 3.31. The Kier molecular flexibility index (Phi) is 3.24. The smallest absolute Gasteiger partial charge is 0.340 e. The van der Waals surface area contributed by atoms with Crippen LogP contribution < -0.4 is 0 Å². The summed E-state index contributed by atoms with van der Waals surface area (Å²) in [6, 6.07) is 0. The molecule has 0 aliphatic rings. The maximum Gasteiger partial charge on any atom is 0.340 e. The van der Waals surface area contributed by atoms with Gasteiger partial charge in [-0.05, 0) is 6.92 Å². The van der Waals surface area contributed by atoms with E-state index >= 15 is 0 Å². The minimum Gasteiger partial charge on any atom is -0.478 e. The lowest BCUT2D eigenvalue weighted by atomic mass is 10.3. The summed E-state index contributed by atoms with van der Waals surface area (Å²) in [5, 5.41) is 14.7. The Morgan fingerprint density at radius 2 is 2.21 bits per heavy atom. The van der Waals surface area contributed by atoms with E-state index in [1.165, 1.54) is 11.3 Å². The SMILES string of the molecule is CC.Cc1nn2ccsc2c1C(=O)O. The van der Waals surface area contributed by atoms with Gasteiger partial charge in [-0.2, -0.15) is 5.10 Å². The highest BCUT2D eigenvalue weighted by molar-refractivity contribution is 7.15. The Hall–Kier alpha value is -1.36. The van der Waals surface area contributed by atoms with E-state index in [0.29, 0.717) is 16.1 Å². The van der Waals surface area contributed by atoms with Crippen molar-refractivity contribution < 1.29 is 9.90 Å². The molecule has 76 valence electrons. The van der Waals surface area contributed by atoms with Crippen molar-refractivity contribution in [2.24, 2.45) is 0 Å². The number of aromatic nitrogens is 2. The number of aryl methyl sites for hydroxylation is 1. The molecule has 4 nitrogen and oxygen atoms in total. The van der Waals surface area contributed by atoms with Crippen molar-refractivity contribution in [3.05, 3.63) is 22.8 Å². The molecular weight excluding hydrogens is 200 g/mol. The van der Waals surface area contributed by atoms with E-state index < -0.39 is 5.97 Å². The molecule has 0 amide bonds. The lowest BCUT2D eigenvalue weighted by Crippen LogP contribution is -1.96. The predicted octanol–water partition coefficient (Wildman–Crippen LogP) is 2.43. The van der Waals surface area contributed by atoms with E-state index in [1.54, 1.807) is 17.6 Å². The first kappa shape index (κ1) is 10.7. The standard InChI is InChI=1S/C7H6N2O2S.C2H6/c1-4-5(7(10)11)6-9(8-4)2-3-12-6;1-2/h2-3H,1H3,(H,10,11);1-2H3. The topological polar surface area (TPSA) is 54.6 Å². The van der Waals surface area contributed by atoms with Crippen LogP contribution in [0.2, 0.25) is 0 Å². The Bertz CT molecular complexity index is 445. The first-order chi connectivity index (χ1) is 6.70. The van der Waals surface area contributed by atoms with Gasteiger partial charge >= 0.3 is 5.97 Å². The zero-order valence-corrected chi connectivity index (χ0v) is 9.13. The largest absolute Gasteiger partial charge is 0.478 e. The summed E-state index contributed by atoms with van der Waals surface area (Å²) in [4.78, 5) is 11.4. The van der Waals surface area contributed by atoms with Crippen molar-refractivity contribution in [3.63, 3.8) is 0 Å². The molecule has 0 aliphatic carbocycles. The van der Waals surface area contributed by atoms with Crippen LogP contribution in [0.4, 0.5) is 0 Å². The number of thiazole rings is 1. The molecule has 0 aliphatic heterocycles. The van der Waals surface area contributed by atoms with Crippen molar-refractivity contribution in [3.8, 4) is 0 Å². The van der Waals surface area contributed by atoms with Gasteiger partial charge < -0.3 is 5.11 Å². The maximum absolute atomic E-state index is 10.7. The third kappa shape index (κ3) is 1.63. The van der Waals surface area contributed by atoms with Crippen LogP contribution in [-0.4, -0.2) is 20.7 Å². The van der Waals surface area contributed by atoms with E-state index in [2.05, 4.69) is 5.10 Å². The highest BCUT2D eigenvalue weighted by atomic mass is 32.1. The summed E-state index contributed by atoms with van der Waals surface area (Å²) in [5.74, 6) is -0.912. The minimum absolute atomic E-state index is 0.310. The van der Waals surface area contributed by atoms with Gasteiger partial charge in [-0.15, -0.1) is 11.3 Å². The van der Waals surface area contributed by atoms with Gasteiger partial charge in [-0.3, -0.25) is 0 Å². The summed E-state index contributed by atoms with van der Waals surface area (Å²) >= 11 is 1.38. The highest BCUT2D eigenvalue weighted by Crippen LogP contribution is 2.19. The summed E-state index contributed by atoms with van der Waals surface area (Å²) in [5.41, 5.74) is 0.874. The van der Waals surface area contributed by atoms with Crippen LogP contribution in [0.1, 0.15) is 29.9 Å². The monoisotopic (exact) mass is 212 g/mol. The molecule has 2 aromatic heterocycles. The fourth-order valence-electron chi connectivity index (χ4n) is 1.14. The Morgan fingerprint density at radius 1 is 1.57 bits per heavy atom. The molecule has 14 heavy (non-hydrogen) atoms. The van der Waals surface area contributed by atoms with Crippen LogP contribution >= 0.6 is 11.3 Å². The summed E-state index contributed by atoms with van der Waals surface area (Å²) < 4.78 is 1.59. The fourth-order valence-corrected chi connectivity index (χ4v) is 2.01. The quantitative estimate of drug-likeness (QED) is 0.789. The van der Waals surface area contributed by atoms with E-state index in [4.69, 9.17) is 5.11 Å². The minimum atomic E-state index is -0.912. The first-order valence-corrected chi connectivity index (χ1v) is 5.24. The van der Waals surface area contributed by atoms with Crippen molar-refractivity contribution in [2.45, 2.75) is 20.8 Å². The second-order valence-electron chi connectivity index (χ2n) is 2.42. The average molecular weight is 212 g/mol. The van der Waals surface area contributed by atoms with Crippen molar-refractivity contribution >= 4 is 22.1 Å². The Morgan fingerprint density at radius 3 is 2.79 bits per heavy atom. The second kappa shape index (κ2) is 4.23. The molecule has 0 atom stereocenters. The van der Waals surface area contributed by atoms with E-state index in [-0.39, 0.29) is 0 Å². The van der Waals surface area contributed by atoms with Crippen LogP contribution in [-0.2, 0) is 0 Å². The number of hydrogen-bond acceptors (Lipinski definition) is 3. The normalized spacial score (nSPS) is 9.64. The molecular formula is C9H12N2O2S. The Balaban J connectivity index is 0.000000461. The molecule has 0 saturated carbocycles. The van der Waals surface area contributed by atoms with Gasteiger partial charge in [0.2, 0.25) is 0 Å². The number of carbonyl (C=O) groups is 1. The zero-order valence-electron chi connectivity index (χ0n) is 8.31. The number of aromatic carboxylic acids is 1. The first-order valence-electron chi connectivity index (χ1n) is 4.36. The van der Waals surface area contributed by atoms with E-state index in [1.807, 2.05) is 19.2 Å². The number of carboxylic acids is 1. The molecule has 2 aromatic rings. The molecule has 2 rings (SSSR count). The lowest BCUT2D eigenvalue weighted by molar-refractivity contribution is 0.0698. The van der Waals surface area contributed by atoms with Gasteiger partial charge in [0.15, 0.2) is 0 Å². The molecule has 0 unspecified atom stereocenters. The van der Waals surface area contributed by atoms with Gasteiger partial charge in [-0.1, -0.05) is 13.8 Å². The molecule has 1 N–H and O–H groups in total. The predicted molar refractivity (Wildman–Crippen MR) is 56.1 cm³/mol. The maximum atomic E-state index is 10.7. The van der Waals surface area contributed by atoms with Gasteiger partial charge in [0.25, 0.3) is 0 Å². The fraction of sp³-hybridized carbons (Fsp3) is 0.333. The van der Waals surface area contributed by atoms with Crippen LogP contribution in [0, 0.1) is 6.92 Å². The highest BCUT2D eigenvalue weighted by Gasteiger charge is 2.16. The van der Waals surface area contributed by atoms with Crippen LogP contribution in [0.15, 0.2) is 11.6 Å². The molecule has 0 bridgehead atoms. The Labute approximate surface area is 85.8 Å². The van der Waals surface area contributed by atoms with Crippen molar-refractivity contribution in [2.75, 3.05) is 0 Å². The summed E-state index contributed by atoms with van der Waals surface area (Å²) in [6.07, 6.45) is 1.75. The summed E-state index contributed by atoms with van der Waals surface area (Å²) in [7, 11) is 0. The number of nitrogens with zero attached hydrogens (tertiary/aromatic N) is 2. The van der Waals surface area contributed by atoms with E-state index in [0.717, 1.165) is 0 Å². The van der Waals surface area contributed by atoms with Gasteiger partial charge in [-0.25, -0.2) is 9.31 Å². The molecule has 0 saturated heterocycles. The molecule has 5 heteroatoms. The third-order valence-corrected chi connectivity index (χ3v) is 2.51. The molecule has 0 aromatic carbocycles. The average Bonchev–Trinajstić information content (AvgIpc) is 2.66. The van der Waals surface area contributed by atoms with Crippen LogP contribution in [0.5, 0.6) is 0 Å². The van der Waals surface area contributed by atoms with Crippen molar-refractivity contribution in [1.29, 1.82) is 0 Å². The molecule has 0 radical (unpaired) electrons. The number of rotatable bonds is 1. The molecule has 2 heterocycles. The third-order valence-electron chi connectivity index (χ3n) is 1.64. The molecule has 0 fully saturated rings. The van der Waals surface area contributed by atoms with Crippen LogP contribution in [0.3, 0.4) is 0 Å².